The Labute approximate surface area is 109 Å². The van der Waals surface area contributed by atoms with Crippen molar-refractivity contribution in [2.45, 2.75) is 35.4 Å². The van der Waals surface area contributed by atoms with Gasteiger partial charge in [-0.2, -0.15) is 0 Å². The summed E-state index contributed by atoms with van der Waals surface area (Å²) < 4.78 is 3.93. The van der Waals surface area contributed by atoms with Gasteiger partial charge in [0.25, 0.3) is 0 Å². The van der Waals surface area contributed by atoms with Gasteiger partial charge >= 0.3 is 5.97 Å². The standard InChI is InChI=1S/C9H13Cl3O2S/c1-5(13)14-7-9(11,12)6(4-15-7)8(2,3)10/h6-7H,4H2,1-3H3/t6-,7+/m0/s1. The Morgan fingerprint density at radius 1 is 1.53 bits per heavy atom. The molecule has 1 aliphatic rings. The van der Waals surface area contributed by atoms with Crippen LogP contribution in [0.15, 0.2) is 0 Å². The number of ether oxygens (including phenoxy) is 1. The molecule has 0 aromatic heterocycles. The fourth-order valence-electron chi connectivity index (χ4n) is 1.49. The summed E-state index contributed by atoms with van der Waals surface area (Å²) >= 11 is 20.0. The molecule has 0 amide bonds. The summed E-state index contributed by atoms with van der Waals surface area (Å²) in [5.41, 5.74) is -0.540. The SMILES string of the molecule is CC(=O)O[C@@H]1SC[C@@H](C(C)(C)Cl)C1(Cl)Cl. The van der Waals surface area contributed by atoms with Gasteiger partial charge in [0, 0.05) is 23.5 Å². The van der Waals surface area contributed by atoms with Gasteiger partial charge in [0.05, 0.1) is 0 Å². The number of carbonyl (C=O) groups is 1. The average Bonchev–Trinajstić information content (AvgIpc) is 2.24. The molecule has 2 nitrogen and oxygen atoms in total. The first-order valence-corrected chi connectivity index (χ1v) is 6.69. The fraction of sp³-hybridized carbons (Fsp3) is 0.889. The maximum Gasteiger partial charge on any atom is 0.303 e. The van der Waals surface area contributed by atoms with Crippen LogP contribution in [0.5, 0.6) is 0 Å². The Kier molecular flexibility index (Phi) is 4.14. The van der Waals surface area contributed by atoms with E-state index in [-0.39, 0.29) is 11.9 Å². The first-order chi connectivity index (χ1) is 6.65. The third-order valence-corrected chi connectivity index (χ3v) is 5.04. The van der Waals surface area contributed by atoms with Gasteiger partial charge in [0.15, 0.2) is 9.77 Å². The number of rotatable bonds is 2. The lowest BCUT2D eigenvalue weighted by Gasteiger charge is -2.33. The Bertz CT molecular complexity index is 263. The van der Waals surface area contributed by atoms with Gasteiger partial charge in [-0.25, -0.2) is 0 Å². The molecular formula is C9H13Cl3O2S. The van der Waals surface area contributed by atoms with Crippen LogP contribution in [-0.2, 0) is 9.53 Å². The Morgan fingerprint density at radius 2 is 2.07 bits per heavy atom. The molecule has 1 fully saturated rings. The molecule has 1 heterocycles. The molecule has 15 heavy (non-hydrogen) atoms. The summed E-state index contributed by atoms with van der Waals surface area (Å²) in [6, 6.07) is 0. The second-order valence-electron chi connectivity index (χ2n) is 4.07. The molecule has 0 bridgehead atoms. The van der Waals surface area contributed by atoms with E-state index in [2.05, 4.69) is 0 Å². The van der Waals surface area contributed by atoms with Crippen LogP contribution in [0.25, 0.3) is 0 Å². The smallest absolute Gasteiger partial charge is 0.303 e. The lowest BCUT2D eigenvalue weighted by molar-refractivity contribution is -0.142. The van der Waals surface area contributed by atoms with E-state index in [0.717, 1.165) is 0 Å². The molecule has 0 N–H and O–H groups in total. The van der Waals surface area contributed by atoms with E-state index in [1.54, 1.807) is 0 Å². The Balaban J connectivity index is 2.80. The molecular weight excluding hydrogens is 279 g/mol. The third kappa shape index (κ3) is 3.09. The second-order valence-corrected chi connectivity index (χ2v) is 7.58. The predicted molar refractivity (Wildman–Crippen MR) is 65.9 cm³/mol. The summed E-state index contributed by atoms with van der Waals surface area (Å²) in [4.78, 5) is 10.3. The van der Waals surface area contributed by atoms with Crippen LogP contribution < -0.4 is 0 Å². The number of halogens is 3. The van der Waals surface area contributed by atoms with E-state index in [4.69, 9.17) is 39.5 Å². The molecule has 1 aliphatic heterocycles. The lowest BCUT2D eigenvalue weighted by atomic mass is 9.93. The van der Waals surface area contributed by atoms with Gasteiger partial charge < -0.3 is 4.74 Å². The highest BCUT2D eigenvalue weighted by Gasteiger charge is 2.55. The van der Waals surface area contributed by atoms with Crippen LogP contribution in [0.1, 0.15) is 20.8 Å². The summed E-state index contributed by atoms with van der Waals surface area (Å²) in [6.45, 7) is 5.05. The van der Waals surface area contributed by atoms with Crippen molar-refractivity contribution in [3.8, 4) is 0 Å². The van der Waals surface area contributed by atoms with Crippen LogP contribution in [0.4, 0.5) is 0 Å². The number of esters is 1. The minimum absolute atomic E-state index is 0.121. The molecule has 0 aliphatic carbocycles. The van der Waals surface area contributed by atoms with Gasteiger partial charge in [-0.15, -0.1) is 23.4 Å². The maximum atomic E-state index is 10.9. The molecule has 88 valence electrons. The zero-order valence-corrected chi connectivity index (χ0v) is 11.8. The Hall–Kier alpha value is 0.690. The first-order valence-electron chi connectivity index (χ1n) is 4.51. The summed E-state index contributed by atoms with van der Waals surface area (Å²) in [5, 5.41) is 0. The minimum atomic E-state index is -1.12. The molecule has 6 heteroatoms. The maximum absolute atomic E-state index is 10.9. The number of alkyl halides is 3. The van der Waals surface area contributed by atoms with Gasteiger partial charge in [-0.05, 0) is 13.8 Å². The molecule has 0 saturated carbocycles. The van der Waals surface area contributed by atoms with Crippen molar-refractivity contribution in [1.82, 2.24) is 0 Å². The van der Waals surface area contributed by atoms with E-state index < -0.39 is 14.6 Å². The molecule has 0 spiro atoms. The van der Waals surface area contributed by atoms with Crippen molar-refractivity contribution in [3.63, 3.8) is 0 Å². The van der Waals surface area contributed by atoms with Crippen LogP contribution in [0.3, 0.4) is 0 Å². The molecule has 1 saturated heterocycles. The van der Waals surface area contributed by atoms with Crippen molar-refractivity contribution in [1.29, 1.82) is 0 Å². The topological polar surface area (TPSA) is 26.3 Å². The van der Waals surface area contributed by atoms with Crippen molar-refractivity contribution >= 4 is 52.5 Å². The van der Waals surface area contributed by atoms with Crippen molar-refractivity contribution < 1.29 is 9.53 Å². The van der Waals surface area contributed by atoms with Crippen molar-refractivity contribution in [2.24, 2.45) is 5.92 Å². The van der Waals surface area contributed by atoms with Gasteiger partial charge in [-0.1, -0.05) is 23.2 Å². The van der Waals surface area contributed by atoms with E-state index in [1.807, 2.05) is 13.8 Å². The van der Waals surface area contributed by atoms with Crippen molar-refractivity contribution in [2.75, 3.05) is 5.75 Å². The average molecular weight is 292 g/mol. The number of carbonyl (C=O) groups excluding carboxylic acids is 1. The number of thioether (sulfide) groups is 1. The van der Waals surface area contributed by atoms with Gasteiger partial charge in [0.2, 0.25) is 0 Å². The summed E-state index contributed by atoms with van der Waals surface area (Å²) in [7, 11) is 0. The van der Waals surface area contributed by atoms with E-state index in [9.17, 15) is 4.79 Å². The molecule has 1 rings (SSSR count). The number of hydrogen-bond acceptors (Lipinski definition) is 3. The van der Waals surface area contributed by atoms with Crippen LogP contribution in [0.2, 0.25) is 0 Å². The van der Waals surface area contributed by atoms with Crippen LogP contribution in [0, 0.1) is 5.92 Å². The monoisotopic (exact) mass is 290 g/mol. The zero-order chi connectivity index (χ0) is 11.9. The highest BCUT2D eigenvalue weighted by atomic mass is 35.5. The molecule has 0 unspecified atom stereocenters. The third-order valence-electron chi connectivity index (χ3n) is 2.29. The first kappa shape index (κ1) is 13.8. The lowest BCUT2D eigenvalue weighted by Crippen LogP contribution is -2.42. The summed E-state index contributed by atoms with van der Waals surface area (Å²) in [5.74, 6) is 0.178. The molecule has 2 atom stereocenters. The molecule has 0 radical (unpaired) electrons. The predicted octanol–water partition coefficient (Wildman–Crippen LogP) is 3.43. The van der Waals surface area contributed by atoms with E-state index in [0.29, 0.717) is 5.75 Å². The van der Waals surface area contributed by atoms with Crippen LogP contribution in [-0.4, -0.2) is 26.4 Å². The second kappa shape index (κ2) is 4.52. The summed E-state index contributed by atoms with van der Waals surface area (Å²) in [6.07, 6.45) is 0. The quantitative estimate of drug-likeness (QED) is 0.576. The molecule has 0 aromatic rings. The highest BCUT2D eigenvalue weighted by Crippen LogP contribution is 2.54. The zero-order valence-electron chi connectivity index (χ0n) is 8.72. The normalized spacial score (nSPS) is 30.3. The fourth-order valence-corrected chi connectivity index (χ4v) is 4.93. The highest BCUT2D eigenvalue weighted by molar-refractivity contribution is 8.00. The van der Waals surface area contributed by atoms with Crippen LogP contribution >= 0.6 is 46.6 Å². The van der Waals surface area contributed by atoms with E-state index >= 15 is 0 Å². The Morgan fingerprint density at radius 3 is 2.40 bits per heavy atom. The van der Waals surface area contributed by atoms with Gasteiger partial charge in [-0.3, -0.25) is 4.79 Å². The van der Waals surface area contributed by atoms with Crippen molar-refractivity contribution in [3.05, 3.63) is 0 Å². The number of hydrogen-bond donors (Lipinski definition) is 0. The van der Waals surface area contributed by atoms with Gasteiger partial charge in [0.1, 0.15) is 0 Å². The van der Waals surface area contributed by atoms with E-state index in [1.165, 1.54) is 18.7 Å². The molecule has 0 aromatic carbocycles. The minimum Gasteiger partial charge on any atom is -0.448 e. The largest absolute Gasteiger partial charge is 0.448 e.